The van der Waals surface area contributed by atoms with Crippen molar-refractivity contribution in [3.63, 3.8) is 0 Å². The summed E-state index contributed by atoms with van der Waals surface area (Å²) in [6, 6.07) is 8.40. The van der Waals surface area contributed by atoms with Crippen molar-refractivity contribution in [1.82, 2.24) is 20.1 Å². The number of hydrogen-bond acceptors (Lipinski definition) is 3. The van der Waals surface area contributed by atoms with Crippen molar-refractivity contribution in [2.45, 2.75) is 33.4 Å². The van der Waals surface area contributed by atoms with Crippen molar-refractivity contribution in [3.05, 3.63) is 53.0 Å². The molecular formula is C18H24N4O. The molecule has 0 fully saturated rings. The molecule has 5 heteroatoms. The van der Waals surface area contributed by atoms with E-state index in [1.54, 1.807) is 0 Å². The summed E-state index contributed by atoms with van der Waals surface area (Å²) < 4.78 is 1.88. The van der Waals surface area contributed by atoms with Crippen LogP contribution in [0.4, 0.5) is 0 Å². The van der Waals surface area contributed by atoms with Crippen molar-refractivity contribution in [1.29, 1.82) is 0 Å². The van der Waals surface area contributed by atoms with Crippen LogP contribution in [0.2, 0.25) is 0 Å². The minimum absolute atomic E-state index is 0.120. The Bertz CT molecular complexity index is 788. The minimum atomic E-state index is 0.120. The third kappa shape index (κ3) is 3.30. The fourth-order valence-corrected chi connectivity index (χ4v) is 3.08. The Hall–Kier alpha value is -2.11. The molecule has 2 aromatic heterocycles. The van der Waals surface area contributed by atoms with Crippen LogP contribution in [0.15, 0.2) is 30.5 Å². The molecule has 0 atom stereocenters. The van der Waals surface area contributed by atoms with E-state index < -0.39 is 0 Å². The molecule has 0 saturated heterocycles. The van der Waals surface area contributed by atoms with E-state index >= 15 is 0 Å². The molecule has 0 bridgehead atoms. The van der Waals surface area contributed by atoms with E-state index in [1.807, 2.05) is 11.6 Å². The highest BCUT2D eigenvalue weighted by atomic mass is 16.3. The Morgan fingerprint density at radius 1 is 1.26 bits per heavy atom. The van der Waals surface area contributed by atoms with E-state index in [0.29, 0.717) is 6.54 Å². The minimum Gasteiger partial charge on any atom is -0.394 e. The second-order valence-electron chi connectivity index (χ2n) is 5.88. The topological polar surface area (TPSA) is 65.9 Å². The molecule has 3 N–H and O–H groups in total. The molecule has 0 amide bonds. The zero-order valence-corrected chi connectivity index (χ0v) is 13.8. The lowest BCUT2D eigenvalue weighted by Crippen LogP contribution is -2.17. The summed E-state index contributed by atoms with van der Waals surface area (Å²) in [4.78, 5) is 3.32. The maximum absolute atomic E-state index is 9.07. The van der Waals surface area contributed by atoms with Gasteiger partial charge in [-0.15, -0.1) is 0 Å². The predicted octanol–water partition coefficient (Wildman–Crippen LogP) is 2.31. The second kappa shape index (κ2) is 6.98. The summed E-state index contributed by atoms with van der Waals surface area (Å²) in [5.41, 5.74) is 5.95. The van der Waals surface area contributed by atoms with Gasteiger partial charge in [0, 0.05) is 34.9 Å². The fraction of sp³-hybridized carbons (Fsp3) is 0.389. The Morgan fingerprint density at radius 2 is 2.09 bits per heavy atom. The van der Waals surface area contributed by atoms with Crippen LogP contribution < -0.4 is 5.32 Å². The number of hydrogen-bond donors (Lipinski definition) is 3. The highest BCUT2D eigenvalue weighted by Gasteiger charge is 2.10. The summed E-state index contributed by atoms with van der Waals surface area (Å²) >= 11 is 0. The van der Waals surface area contributed by atoms with Gasteiger partial charge in [0.1, 0.15) is 0 Å². The van der Waals surface area contributed by atoms with Crippen LogP contribution in [-0.2, 0) is 19.5 Å². The molecule has 5 nitrogen and oxygen atoms in total. The number of nitrogens with one attached hydrogen (secondary N) is 2. The lowest BCUT2D eigenvalue weighted by Gasteiger charge is -2.06. The molecule has 0 aliphatic heterocycles. The fourth-order valence-electron chi connectivity index (χ4n) is 3.08. The van der Waals surface area contributed by atoms with Gasteiger partial charge in [-0.3, -0.25) is 4.68 Å². The second-order valence-corrected chi connectivity index (χ2v) is 5.88. The molecule has 122 valence electrons. The van der Waals surface area contributed by atoms with E-state index in [2.05, 4.69) is 52.8 Å². The quantitative estimate of drug-likeness (QED) is 0.587. The monoisotopic (exact) mass is 312 g/mol. The first kappa shape index (κ1) is 15.8. The summed E-state index contributed by atoms with van der Waals surface area (Å²) in [5.74, 6) is 0. The number of aromatic nitrogens is 3. The average molecular weight is 312 g/mol. The van der Waals surface area contributed by atoms with E-state index in [9.17, 15) is 0 Å². The van der Waals surface area contributed by atoms with Crippen LogP contribution in [0.3, 0.4) is 0 Å². The number of H-pyrrole nitrogens is 1. The van der Waals surface area contributed by atoms with Crippen LogP contribution in [0, 0.1) is 13.8 Å². The molecular weight excluding hydrogens is 288 g/mol. The number of para-hydroxylation sites is 1. The van der Waals surface area contributed by atoms with Crippen LogP contribution in [-0.4, -0.2) is 33.0 Å². The molecule has 0 spiro atoms. The molecule has 1 aromatic carbocycles. The van der Waals surface area contributed by atoms with E-state index in [-0.39, 0.29) is 6.61 Å². The Kier molecular flexibility index (Phi) is 4.79. The molecule has 0 aliphatic carbocycles. The number of aliphatic hydroxyl groups excluding tert-OH is 1. The van der Waals surface area contributed by atoms with Crippen molar-refractivity contribution in [2.24, 2.45) is 0 Å². The van der Waals surface area contributed by atoms with E-state index in [1.165, 1.54) is 22.0 Å². The molecule has 23 heavy (non-hydrogen) atoms. The van der Waals surface area contributed by atoms with Crippen molar-refractivity contribution >= 4 is 10.9 Å². The van der Waals surface area contributed by atoms with Crippen LogP contribution >= 0.6 is 0 Å². The van der Waals surface area contributed by atoms with Crippen LogP contribution in [0.5, 0.6) is 0 Å². The largest absolute Gasteiger partial charge is 0.394 e. The molecule has 0 radical (unpaired) electrons. The predicted molar refractivity (Wildman–Crippen MR) is 92.5 cm³/mol. The van der Waals surface area contributed by atoms with Gasteiger partial charge in [-0.1, -0.05) is 18.2 Å². The number of aryl methyl sites for hydroxylation is 1. The molecule has 2 heterocycles. The van der Waals surface area contributed by atoms with E-state index in [0.717, 1.165) is 30.9 Å². The smallest absolute Gasteiger partial charge is 0.0644 e. The Labute approximate surface area is 136 Å². The molecule has 3 rings (SSSR count). The Morgan fingerprint density at radius 3 is 2.91 bits per heavy atom. The van der Waals surface area contributed by atoms with Gasteiger partial charge in [0.2, 0.25) is 0 Å². The molecule has 3 aromatic rings. The van der Waals surface area contributed by atoms with Gasteiger partial charge in [0.05, 0.1) is 18.8 Å². The number of nitrogens with zero attached hydrogens (tertiary/aromatic N) is 2. The third-order valence-corrected chi connectivity index (χ3v) is 4.39. The van der Waals surface area contributed by atoms with Gasteiger partial charge in [0.15, 0.2) is 0 Å². The van der Waals surface area contributed by atoms with E-state index in [4.69, 9.17) is 5.11 Å². The number of aliphatic hydroxyl groups is 1. The zero-order valence-electron chi connectivity index (χ0n) is 13.8. The van der Waals surface area contributed by atoms with Gasteiger partial charge in [-0.05, 0) is 38.4 Å². The first-order valence-electron chi connectivity index (χ1n) is 8.10. The number of rotatable bonds is 7. The summed E-state index contributed by atoms with van der Waals surface area (Å²) in [6.45, 7) is 6.50. The zero-order chi connectivity index (χ0) is 16.2. The maximum atomic E-state index is 9.07. The maximum Gasteiger partial charge on any atom is 0.0644 e. The number of aromatic amines is 1. The van der Waals surface area contributed by atoms with Gasteiger partial charge >= 0.3 is 0 Å². The first-order chi connectivity index (χ1) is 11.2. The molecule has 0 aliphatic rings. The van der Waals surface area contributed by atoms with Crippen molar-refractivity contribution in [2.75, 3.05) is 13.2 Å². The SMILES string of the molecule is Cc1nn(CCO)c(C)c1CNCCc1c[nH]c2ccccc12. The van der Waals surface area contributed by atoms with Crippen LogP contribution in [0.25, 0.3) is 10.9 Å². The number of benzene rings is 1. The van der Waals surface area contributed by atoms with Crippen molar-refractivity contribution in [3.8, 4) is 0 Å². The van der Waals surface area contributed by atoms with Gasteiger partial charge in [0.25, 0.3) is 0 Å². The molecule has 0 unspecified atom stereocenters. The standard InChI is InChI=1S/C18H24N4O/c1-13-17(14(2)22(21-13)9-10-23)12-19-8-7-15-11-20-18-6-4-3-5-16(15)18/h3-6,11,19-20,23H,7-10,12H2,1-2H3. The highest BCUT2D eigenvalue weighted by molar-refractivity contribution is 5.83. The summed E-state index contributed by atoms with van der Waals surface area (Å²) in [7, 11) is 0. The molecule has 0 saturated carbocycles. The lowest BCUT2D eigenvalue weighted by molar-refractivity contribution is 0.267. The van der Waals surface area contributed by atoms with Crippen molar-refractivity contribution < 1.29 is 5.11 Å². The summed E-state index contributed by atoms with van der Waals surface area (Å²) in [5, 5.41) is 18.4. The highest BCUT2D eigenvalue weighted by Crippen LogP contribution is 2.18. The van der Waals surface area contributed by atoms with Gasteiger partial charge < -0.3 is 15.4 Å². The lowest BCUT2D eigenvalue weighted by atomic mass is 10.1. The van der Waals surface area contributed by atoms with Gasteiger partial charge in [-0.25, -0.2) is 0 Å². The first-order valence-corrected chi connectivity index (χ1v) is 8.10. The third-order valence-electron chi connectivity index (χ3n) is 4.39. The van der Waals surface area contributed by atoms with Gasteiger partial charge in [-0.2, -0.15) is 5.10 Å². The number of fused-ring (bicyclic) bond motifs is 1. The Balaban J connectivity index is 1.58. The summed E-state index contributed by atoms with van der Waals surface area (Å²) in [6.07, 6.45) is 3.09. The van der Waals surface area contributed by atoms with Crippen LogP contribution in [0.1, 0.15) is 22.5 Å². The average Bonchev–Trinajstić information content (AvgIpc) is 3.07. The normalized spacial score (nSPS) is 11.4.